The van der Waals surface area contributed by atoms with Gasteiger partial charge < -0.3 is 9.64 Å². The Balaban J connectivity index is 1.40. The summed E-state index contributed by atoms with van der Waals surface area (Å²) in [5.74, 6) is 0.653. The molecule has 1 aliphatic rings. The summed E-state index contributed by atoms with van der Waals surface area (Å²) in [6.07, 6.45) is 0.581. The molecule has 4 rings (SSSR count). The molecule has 1 aliphatic heterocycles. The Labute approximate surface area is 205 Å². The third-order valence-corrected chi connectivity index (χ3v) is 8.85. The number of hydrogen-bond donors (Lipinski definition) is 0. The van der Waals surface area contributed by atoms with E-state index >= 15 is 0 Å². The molecule has 0 aliphatic carbocycles. The van der Waals surface area contributed by atoms with E-state index in [2.05, 4.69) is 4.98 Å². The molecule has 34 heavy (non-hydrogen) atoms. The Hall–Kier alpha value is -2.75. The van der Waals surface area contributed by atoms with Crippen molar-refractivity contribution in [2.45, 2.75) is 38.7 Å². The van der Waals surface area contributed by atoms with Gasteiger partial charge in [0.25, 0.3) is 5.91 Å². The minimum Gasteiger partial charge on any atom is -0.486 e. The molecule has 0 N–H and O–H groups in total. The lowest BCUT2D eigenvalue weighted by Crippen LogP contribution is -2.37. The van der Waals surface area contributed by atoms with E-state index in [1.54, 1.807) is 29.2 Å². The maximum absolute atomic E-state index is 13.2. The van der Waals surface area contributed by atoms with Crippen molar-refractivity contribution in [3.63, 3.8) is 0 Å². The van der Waals surface area contributed by atoms with E-state index in [0.717, 1.165) is 21.9 Å². The van der Waals surface area contributed by atoms with Gasteiger partial charge in [0.2, 0.25) is 10.0 Å². The van der Waals surface area contributed by atoms with Crippen molar-refractivity contribution in [3.05, 3.63) is 75.2 Å². The quantitative estimate of drug-likeness (QED) is 0.508. The first-order chi connectivity index (χ1) is 16.2. The number of carbonyl (C=O) groups is 1. The number of benzene rings is 2. The van der Waals surface area contributed by atoms with Crippen LogP contribution in [0.25, 0.3) is 0 Å². The summed E-state index contributed by atoms with van der Waals surface area (Å²) in [6.45, 7) is 7.57. The molecule has 1 aromatic heterocycles. The smallest absolute Gasteiger partial charge is 0.265 e. The fourth-order valence-electron chi connectivity index (χ4n) is 3.83. The second-order valence-electron chi connectivity index (χ2n) is 8.49. The van der Waals surface area contributed by atoms with Crippen molar-refractivity contribution >= 4 is 27.3 Å². The molecule has 0 unspecified atom stereocenters. The van der Waals surface area contributed by atoms with Gasteiger partial charge in [-0.3, -0.25) is 4.79 Å². The van der Waals surface area contributed by atoms with E-state index < -0.39 is 10.0 Å². The summed E-state index contributed by atoms with van der Waals surface area (Å²) in [5.41, 5.74) is 2.84. The summed E-state index contributed by atoms with van der Waals surface area (Å²) in [5, 5.41) is 0.736. The normalized spacial score (nSPS) is 15.2. The van der Waals surface area contributed by atoms with Gasteiger partial charge in [-0.15, -0.1) is 11.3 Å². The van der Waals surface area contributed by atoms with Crippen LogP contribution in [0, 0.1) is 20.8 Å². The highest BCUT2D eigenvalue weighted by Gasteiger charge is 2.29. The summed E-state index contributed by atoms with van der Waals surface area (Å²) in [4.78, 5) is 20.4. The number of rotatable bonds is 6. The van der Waals surface area contributed by atoms with Crippen molar-refractivity contribution in [3.8, 4) is 5.75 Å². The maximum atomic E-state index is 13.2. The highest BCUT2D eigenvalue weighted by atomic mass is 32.2. The third kappa shape index (κ3) is 5.48. The molecule has 3 aromatic rings. The Bertz CT molecular complexity index is 1250. The zero-order valence-corrected chi connectivity index (χ0v) is 21.3. The van der Waals surface area contributed by atoms with Crippen LogP contribution < -0.4 is 4.74 Å². The number of carbonyl (C=O) groups excluding carboxylic acids is 1. The Morgan fingerprint density at radius 2 is 1.59 bits per heavy atom. The van der Waals surface area contributed by atoms with Crippen LogP contribution in [0.15, 0.2) is 53.4 Å². The average molecular weight is 500 g/mol. The first-order valence-electron chi connectivity index (χ1n) is 11.3. The van der Waals surface area contributed by atoms with Gasteiger partial charge in [0.05, 0.1) is 10.6 Å². The number of nitrogens with zero attached hydrogens (tertiary/aromatic N) is 3. The van der Waals surface area contributed by atoms with Gasteiger partial charge in [0.1, 0.15) is 22.2 Å². The average Bonchev–Trinajstić information content (AvgIpc) is 3.02. The lowest BCUT2D eigenvalue weighted by Gasteiger charge is -2.21. The van der Waals surface area contributed by atoms with Crippen molar-refractivity contribution in [2.24, 2.45) is 0 Å². The number of aromatic nitrogens is 1. The molecule has 9 heteroatoms. The van der Waals surface area contributed by atoms with E-state index in [1.807, 2.05) is 45.0 Å². The van der Waals surface area contributed by atoms with E-state index in [4.69, 9.17) is 4.74 Å². The SMILES string of the molecule is Cc1ccc(OCc2nc(C)c(C(=O)N3CCCN(S(=O)(=O)c4ccc(C)cc4)CC3)s2)cc1. The predicted molar refractivity (Wildman–Crippen MR) is 133 cm³/mol. The summed E-state index contributed by atoms with van der Waals surface area (Å²) >= 11 is 1.34. The first kappa shape index (κ1) is 24.4. The lowest BCUT2D eigenvalue weighted by atomic mass is 10.2. The molecule has 0 saturated carbocycles. The van der Waals surface area contributed by atoms with E-state index in [1.165, 1.54) is 15.6 Å². The first-order valence-corrected chi connectivity index (χ1v) is 13.5. The topological polar surface area (TPSA) is 79.8 Å². The number of sulfonamides is 1. The van der Waals surface area contributed by atoms with Crippen LogP contribution in [0.3, 0.4) is 0 Å². The molecule has 0 bridgehead atoms. The fraction of sp³-hybridized carbons (Fsp3) is 0.360. The Morgan fingerprint density at radius 3 is 2.26 bits per heavy atom. The standard InChI is InChI=1S/C25H29N3O4S2/c1-18-5-9-21(10-6-18)32-17-23-26-20(3)24(33-23)25(29)27-13-4-14-28(16-15-27)34(30,31)22-11-7-19(2)8-12-22/h5-12H,4,13-17H2,1-3H3. The second-order valence-corrected chi connectivity index (χ2v) is 11.5. The van der Waals surface area contributed by atoms with E-state index in [0.29, 0.717) is 43.2 Å². The highest BCUT2D eigenvalue weighted by Crippen LogP contribution is 2.24. The summed E-state index contributed by atoms with van der Waals surface area (Å²) in [7, 11) is -3.59. The molecule has 1 amide bonds. The molecule has 0 atom stereocenters. The van der Waals surface area contributed by atoms with Gasteiger partial charge in [-0.1, -0.05) is 35.4 Å². The molecule has 7 nitrogen and oxygen atoms in total. The molecule has 0 radical (unpaired) electrons. The number of aryl methyl sites for hydroxylation is 3. The monoisotopic (exact) mass is 499 g/mol. The van der Waals surface area contributed by atoms with Crippen molar-refractivity contribution in [1.82, 2.24) is 14.2 Å². The number of amides is 1. The molecular weight excluding hydrogens is 470 g/mol. The van der Waals surface area contributed by atoms with Crippen LogP contribution in [-0.2, 0) is 16.6 Å². The van der Waals surface area contributed by atoms with Crippen LogP contribution in [0.4, 0.5) is 0 Å². The molecule has 2 heterocycles. The molecule has 1 fully saturated rings. The van der Waals surface area contributed by atoms with Crippen LogP contribution >= 0.6 is 11.3 Å². The van der Waals surface area contributed by atoms with Gasteiger partial charge in [-0.2, -0.15) is 4.31 Å². The molecule has 1 saturated heterocycles. The van der Waals surface area contributed by atoms with Crippen molar-refractivity contribution in [2.75, 3.05) is 26.2 Å². The van der Waals surface area contributed by atoms with Crippen LogP contribution in [0.5, 0.6) is 5.75 Å². The number of ether oxygens (including phenoxy) is 1. The van der Waals surface area contributed by atoms with Crippen LogP contribution in [-0.4, -0.2) is 54.7 Å². The molecule has 0 spiro atoms. The predicted octanol–water partition coefficient (Wildman–Crippen LogP) is 4.18. The zero-order valence-electron chi connectivity index (χ0n) is 19.7. The van der Waals surface area contributed by atoms with Crippen LogP contribution in [0.1, 0.15) is 37.9 Å². The number of thiazole rings is 1. The largest absolute Gasteiger partial charge is 0.486 e. The maximum Gasteiger partial charge on any atom is 0.265 e. The van der Waals surface area contributed by atoms with Crippen molar-refractivity contribution in [1.29, 1.82) is 0 Å². The van der Waals surface area contributed by atoms with Gasteiger partial charge in [-0.05, 0) is 51.5 Å². The number of hydrogen-bond acceptors (Lipinski definition) is 6. The van der Waals surface area contributed by atoms with E-state index in [-0.39, 0.29) is 17.3 Å². The fourth-order valence-corrected chi connectivity index (χ4v) is 6.25. The molecule has 2 aromatic carbocycles. The van der Waals surface area contributed by atoms with Crippen molar-refractivity contribution < 1.29 is 17.9 Å². The molecule has 180 valence electrons. The minimum atomic E-state index is -3.59. The minimum absolute atomic E-state index is 0.105. The summed E-state index contributed by atoms with van der Waals surface area (Å²) in [6, 6.07) is 14.7. The third-order valence-electron chi connectivity index (χ3n) is 5.82. The van der Waals surface area contributed by atoms with Gasteiger partial charge in [0.15, 0.2) is 0 Å². The molecular formula is C25H29N3O4S2. The van der Waals surface area contributed by atoms with Gasteiger partial charge in [-0.25, -0.2) is 13.4 Å². The summed E-state index contributed by atoms with van der Waals surface area (Å²) < 4.78 is 33.4. The highest BCUT2D eigenvalue weighted by molar-refractivity contribution is 7.89. The lowest BCUT2D eigenvalue weighted by molar-refractivity contribution is 0.0768. The van der Waals surface area contributed by atoms with Gasteiger partial charge in [0, 0.05) is 26.2 Å². The van der Waals surface area contributed by atoms with E-state index in [9.17, 15) is 13.2 Å². The Kier molecular flexibility index (Phi) is 7.35. The van der Waals surface area contributed by atoms with Gasteiger partial charge >= 0.3 is 0 Å². The second kappa shape index (κ2) is 10.2. The Morgan fingerprint density at radius 1 is 0.941 bits per heavy atom. The zero-order chi connectivity index (χ0) is 24.3. The van der Waals surface area contributed by atoms with Crippen LogP contribution in [0.2, 0.25) is 0 Å².